The maximum Gasteiger partial charge on any atom is 0.420 e. The number of rotatable bonds is 6. The molecule has 1 amide bonds. The molecule has 39 heavy (non-hydrogen) atoms. The highest BCUT2D eigenvalue weighted by molar-refractivity contribution is 9.10. The van der Waals surface area contributed by atoms with Crippen LogP contribution in [0, 0.1) is 0 Å². The minimum Gasteiger partial charge on any atom is -0.443 e. The molecular weight excluding hydrogens is 578 g/mol. The smallest absolute Gasteiger partial charge is 0.420 e. The zero-order chi connectivity index (χ0) is 28.6. The van der Waals surface area contributed by atoms with Crippen molar-refractivity contribution in [1.29, 1.82) is 0 Å². The topological polar surface area (TPSA) is 81.4 Å². The lowest BCUT2D eigenvalue weighted by atomic mass is 9.94. The minimum atomic E-state index is -0.705. The van der Waals surface area contributed by atoms with Crippen LogP contribution in [0.2, 0.25) is 5.04 Å². The van der Waals surface area contributed by atoms with Gasteiger partial charge in [0.25, 0.3) is 0 Å². The zero-order valence-corrected chi connectivity index (χ0v) is 26.6. The maximum atomic E-state index is 13.8. The zero-order valence-electron chi connectivity index (χ0n) is 24.0. The monoisotopic (exact) mass is 615 g/mol. The summed E-state index contributed by atoms with van der Waals surface area (Å²) < 4.78 is 20.6. The summed E-state index contributed by atoms with van der Waals surface area (Å²) in [6.07, 6.45) is 4.61. The second-order valence-corrected chi connectivity index (χ2v) is 14.8. The number of carbonyl (C=O) groups excluding carboxylic acids is 1. The Kier molecular flexibility index (Phi) is 8.46. The van der Waals surface area contributed by atoms with E-state index in [1.807, 2.05) is 43.5 Å². The minimum absolute atomic E-state index is 0.0180. The van der Waals surface area contributed by atoms with E-state index in [4.69, 9.17) is 13.9 Å². The van der Waals surface area contributed by atoms with Gasteiger partial charge in [-0.1, -0.05) is 20.8 Å². The third-order valence-electron chi connectivity index (χ3n) is 6.00. The molecule has 0 atom stereocenters. The summed E-state index contributed by atoms with van der Waals surface area (Å²) in [4.78, 5) is 26.7. The second kappa shape index (κ2) is 11.2. The van der Waals surface area contributed by atoms with Gasteiger partial charge in [0.05, 0.1) is 30.7 Å². The van der Waals surface area contributed by atoms with Crippen LogP contribution in [0.15, 0.2) is 41.4 Å². The van der Waals surface area contributed by atoms with E-state index in [2.05, 4.69) is 71.5 Å². The SMILES string of the molecule is CC(C)(C)OC(=O)N(c1ccc(N2CCOCC2)c(C(C)(C)O[Si]C(C)(C)C)c1)c1ncc(Br)n2ccnc12. The summed E-state index contributed by atoms with van der Waals surface area (Å²) in [6.45, 7) is 19.1. The van der Waals surface area contributed by atoms with Crippen LogP contribution in [-0.4, -0.2) is 62.1 Å². The van der Waals surface area contributed by atoms with E-state index < -0.39 is 17.3 Å². The molecule has 3 heterocycles. The first-order valence-corrected chi connectivity index (χ1v) is 14.8. The van der Waals surface area contributed by atoms with Crippen LogP contribution in [-0.2, 0) is 19.5 Å². The third-order valence-corrected chi connectivity index (χ3v) is 7.81. The van der Waals surface area contributed by atoms with Crippen molar-refractivity contribution in [1.82, 2.24) is 14.4 Å². The first-order valence-electron chi connectivity index (χ1n) is 13.1. The summed E-state index contributed by atoms with van der Waals surface area (Å²) in [5.41, 5.74) is 1.84. The Hall–Kier alpha value is -2.47. The van der Waals surface area contributed by atoms with Crippen LogP contribution in [0.3, 0.4) is 0 Å². The number of fused-ring (bicyclic) bond motifs is 1. The molecule has 4 rings (SSSR count). The Labute approximate surface area is 241 Å². The molecule has 210 valence electrons. The normalized spacial score (nSPS) is 15.1. The molecule has 0 N–H and O–H groups in total. The molecule has 0 aliphatic carbocycles. The summed E-state index contributed by atoms with van der Waals surface area (Å²) >= 11 is 3.52. The number of morpholine rings is 1. The van der Waals surface area contributed by atoms with E-state index in [1.54, 1.807) is 12.4 Å². The van der Waals surface area contributed by atoms with E-state index in [0.29, 0.717) is 30.4 Å². The van der Waals surface area contributed by atoms with Crippen LogP contribution < -0.4 is 9.80 Å². The quantitative estimate of drug-likeness (QED) is 0.293. The summed E-state index contributed by atoms with van der Waals surface area (Å²) in [5, 5.41) is 0.0180. The van der Waals surface area contributed by atoms with Gasteiger partial charge in [0.15, 0.2) is 11.5 Å². The number of anilines is 3. The Morgan fingerprint density at radius 1 is 1.08 bits per heavy atom. The Morgan fingerprint density at radius 3 is 2.41 bits per heavy atom. The second-order valence-electron chi connectivity index (χ2n) is 12.1. The van der Waals surface area contributed by atoms with Crippen molar-refractivity contribution in [3.8, 4) is 0 Å². The molecule has 1 fully saturated rings. The van der Waals surface area contributed by atoms with Crippen LogP contribution in [0.5, 0.6) is 0 Å². The summed E-state index contributed by atoms with van der Waals surface area (Å²) in [7, 11) is 0.286. The van der Waals surface area contributed by atoms with Crippen molar-refractivity contribution < 1.29 is 18.7 Å². The number of nitrogens with zero attached hydrogens (tertiary/aromatic N) is 5. The molecule has 2 radical (unpaired) electrons. The molecule has 11 heteroatoms. The molecule has 2 aromatic heterocycles. The molecule has 0 saturated carbocycles. The predicted molar refractivity (Wildman–Crippen MR) is 158 cm³/mol. The van der Waals surface area contributed by atoms with Crippen LogP contribution in [0.25, 0.3) is 5.65 Å². The van der Waals surface area contributed by atoms with Crippen molar-refractivity contribution >= 4 is 54.6 Å². The average molecular weight is 617 g/mol. The molecular formula is C28H38BrN5O4Si. The van der Waals surface area contributed by atoms with E-state index in [-0.39, 0.29) is 14.8 Å². The average Bonchev–Trinajstić information content (AvgIpc) is 3.35. The number of hydrogen-bond acceptors (Lipinski definition) is 7. The van der Waals surface area contributed by atoms with Crippen molar-refractivity contribution in [3.63, 3.8) is 0 Å². The van der Waals surface area contributed by atoms with Gasteiger partial charge in [-0.2, -0.15) is 0 Å². The van der Waals surface area contributed by atoms with Gasteiger partial charge in [-0.05, 0) is 73.8 Å². The molecule has 9 nitrogen and oxygen atoms in total. The van der Waals surface area contributed by atoms with Gasteiger partial charge < -0.3 is 18.8 Å². The molecule has 0 spiro atoms. The standard InChI is InChI=1S/C28H38BrN5O4Si/c1-26(2,3)37-25(35)34(24-23-30-11-12-33(23)22(29)18-31-24)19-9-10-21(32-13-15-36-16-14-32)20(17-19)28(7,8)38-39-27(4,5)6/h9-12,17-18H,13-16H2,1-8H3. The molecule has 1 aromatic carbocycles. The third kappa shape index (κ3) is 7.00. The van der Waals surface area contributed by atoms with Crippen molar-refractivity contribution in [3.05, 3.63) is 47.0 Å². The number of imidazole rings is 1. The maximum absolute atomic E-state index is 13.8. The molecule has 1 aliphatic rings. The van der Waals surface area contributed by atoms with Crippen LogP contribution >= 0.6 is 15.9 Å². The van der Waals surface area contributed by atoms with Crippen molar-refractivity contribution in [2.75, 3.05) is 36.1 Å². The fraction of sp³-hybridized carbons (Fsp3) is 0.536. The first kappa shape index (κ1) is 29.5. The number of carbonyl (C=O) groups is 1. The lowest BCUT2D eigenvalue weighted by Gasteiger charge is -2.37. The highest BCUT2D eigenvalue weighted by atomic mass is 79.9. The van der Waals surface area contributed by atoms with E-state index >= 15 is 0 Å². The van der Waals surface area contributed by atoms with Gasteiger partial charge in [0.1, 0.15) is 10.2 Å². The largest absolute Gasteiger partial charge is 0.443 e. The van der Waals surface area contributed by atoms with E-state index in [0.717, 1.165) is 28.9 Å². The van der Waals surface area contributed by atoms with Gasteiger partial charge >= 0.3 is 6.09 Å². The molecule has 1 saturated heterocycles. The lowest BCUT2D eigenvalue weighted by Crippen LogP contribution is -2.39. The number of ether oxygens (including phenoxy) is 2. The number of aromatic nitrogens is 3. The number of hydrogen-bond donors (Lipinski definition) is 0. The fourth-order valence-electron chi connectivity index (χ4n) is 4.22. The summed E-state index contributed by atoms with van der Waals surface area (Å²) in [5.74, 6) is 0.373. The predicted octanol–water partition coefficient (Wildman–Crippen LogP) is 6.49. The van der Waals surface area contributed by atoms with Crippen LogP contribution in [0.1, 0.15) is 61.0 Å². The van der Waals surface area contributed by atoms with Gasteiger partial charge in [-0.25, -0.2) is 19.7 Å². The Morgan fingerprint density at radius 2 is 1.77 bits per heavy atom. The van der Waals surface area contributed by atoms with Gasteiger partial charge in [0, 0.05) is 36.7 Å². The molecule has 0 bridgehead atoms. The van der Waals surface area contributed by atoms with Gasteiger partial charge in [-0.15, -0.1) is 0 Å². The van der Waals surface area contributed by atoms with Gasteiger partial charge in [0.2, 0.25) is 9.76 Å². The van der Waals surface area contributed by atoms with Crippen molar-refractivity contribution in [2.45, 2.75) is 71.6 Å². The van der Waals surface area contributed by atoms with E-state index in [9.17, 15) is 4.79 Å². The highest BCUT2D eigenvalue weighted by Crippen LogP contribution is 2.40. The molecule has 0 unspecified atom stereocenters. The van der Waals surface area contributed by atoms with Crippen molar-refractivity contribution in [2.24, 2.45) is 0 Å². The molecule has 1 aliphatic heterocycles. The van der Waals surface area contributed by atoms with Gasteiger partial charge in [-0.3, -0.25) is 4.40 Å². The Balaban J connectivity index is 1.88. The van der Waals surface area contributed by atoms with Crippen LogP contribution in [0.4, 0.5) is 22.0 Å². The fourth-order valence-corrected chi connectivity index (χ4v) is 5.28. The number of halogens is 1. The van der Waals surface area contributed by atoms with E-state index in [1.165, 1.54) is 4.90 Å². The lowest BCUT2D eigenvalue weighted by molar-refractivity contribution is 0.0597. The number of amides is 1. The number of benzene rings is 1. The summed E-state index contributed by atoms with van der Waals surface area (Å²) in [6, 6.07) is 6.01. The molecule has 3 aromatic rings. The Bertz CT molecular complexity index is 1330. The first-order chi connectivity index (χ1) is 18.2. The highest BCUT2D eigenvalue weighted by Gasteiger charge is 2.33.